The Hall–Kier alpha value is -1.30. The highest BCUT2D eigenvalue weighted by molar-refractivity contribution is 5.40. The van der Waals surface area contributed by atoms with Gasteiger partial charge in [0.05, 0.1) is 6.04 Å². The van der Waals surface area contributed by atoms with Crippen molar-refractivity contribution in [3.8, 4) is 11.5 Å². The largest absolute Gasteiger partial charge is 0.504 e. The standard InChI is InChI=1S/C12H19NO4/c1-8(12(16-2)17-3)13-7-9-4-5-10(14)11(15)6-9/h4-6,8,12-15H,7H2,1-3H3. The Morgan fingerprint density at radius 2 is 1.82 bits per heavy atom. The first-order valence-corrected chi connectivity index (χ1v) is 5.38. The molecule has 0 bridgehead atoms. The third-order valence-corrected chi connectivity index (χ3v) is 2.54. The number of benzene rings is 1. The quantitative estimate of drug-likeness (QED) is 0.515. The van der Waals surface area contributed by atoms with E-state index in [1.54, 1.807) is 20.3 Å². The number of ether oxygens (including phenoxy) is 2. The molecule has 1 atom stereocenters. The highest BCUT2D eigenvalue weighted by Crippen LogP contribution is 2.24. The van der Waals surface area contributed by atoms with Crippen LogP contribution in [0.25, 0.3) is 0 Å². The first-order chi connectivity index (χ1) is 8.08. The van der Waals surface area contributed by atoms with E-state index in [2.05, 4.69) is 5.32 Å². The van der Waals surface area contributed by atoms with E-state index in [1.165, 1.54) is 12.1 Å². The highest BCUT2D eigenvalue weighted by Gasteiger charge is 2.14. The van der Waals surface area contributed by atoms with Crippen LogP contribution in [0.2, 0.25) is 0 Å². The second kappa shape index (κ2) is 6.44. The molecular weight excluding hydrogens is 222 g/mol. The van der Waals surface area contributed by atoms with Gasteiger partial charge in [-0.2, -0.15) is 0 Å². The van der Waals surface area contributed by atoms with Crippen molar-refractivity contribution in [1.82, 2.24) is 5.32 Å². The van der Waals surface area contributed by atoms with Crippen molar-refractivity contribution in [1.29, 1.82) is 0 Å². The smallest absolute Gasteiger partial charge is 0.171 e. The molecule has 0 aliphatic heterocycles. The van der Waals surface area contributed by atoms with Crippen LogP contribution in [0.15, 0.2) is 18.2 Å². The van der Waals surface area contributed by atoms with Gasteiger partial charge >= 0.3 is 0 Å². The zero-order valence-electron chi connectivity index (χ0n) is 10.3. The highest BCUT2D eigenvalue weighted by atomic mass is 16.7. The van der Waals surface area contributed by atoms with Gasteiger partial charge in [-0.1, -0.05) is 6.07 Å². The fourth-order valence-corrected chi connectivity index (χ4v) is 1.56. The molecule has 1 unspecified atom stereocenters. The maximum Gasteiger partial charge on any atom is 0.171 e. The van der Waals surface area contributed by atoms with E-state index < -0.39 is 0 Å². The average molecular weight is 241 g/mol. The number of aromatic hydroxyl groups is 2. The zero-order valence-corrected chi connectivity index (χ0v) is 10.3. The lowest BCUT2D eigenvalue weighted by atomic mass is 10.2. The van der Waals surface area contributed by atoms with Crippen molar-refractivity contribution < 1.29 is 19.7 Å². The average Bonchev–Trinajstić information content (AvgIpc) is 2.32. The van der Waals surface area contributed by atoms with Crippen LogP contribution >= 0.6 is 0 Å². The summed E-state index contributed by atoms with van der Waals surface area (Å²) >= 11 is 0. The molecule has 1 aromatic carbocycles. The van der Waals surface area contributed by atoms with E-state index in [1.807, 2.05) is 6.92 Å². The summed E-state index contributed by atoms with van der Waals surface area (Å²) in [6, 6.07) is 4.73. The van der Waals surface area contributed by atoms with Gasteiger partial charge in [-0.3, -0.25) is 0 Å². The fraction of sp³-hybridized carbons (Fsp3) is 0.500. The maximum absolute atomic E-state index is 9.34. The van der Waals surface area contributed by atoms with Gasteiger partial charge in [0.15, 0.2) is 17.8 Å². The van der Waals surface area contributed by atoms with Gasteiger partial charge in [0.25, 0.3) is 0 Å². The zero-order chi connectivity index (χ0) is 12.8. The summed E-state index contributed by atoms with van der Waals surface area (Å²) in [5, 5.41) is 21.7. The molecule has 5 heteroatoms. The summed E-state index contributed by atoms with van der Waals surface area (Å²) in [6.07, 6.45) is -0.319. The summed E-state index contributed by atoms with van der Waals surface area (Å²) in [4.78, 5) is 0. The van der Waals surface area contributed by atoms with Gasteiger partial charge in [-0.15, -0.1) is 0 Å². The van der Waals surface area contributed by atoms with Crippen molar-refractivity contribution >= 4 is 0 Å². The summed E-state index contributed by atoms with van der Waals surface area (Å²) in [5.74, 6) is -0.236. The number of phenols is 2. The molecule has 0 spiro atoms. The van der Waals surface area contributed by atoms with E-state index in [-0.39, 0.29) is 23.8 Å². The Balaban J connectivity index is 2.52. The molecule has 0 saturated heterocycles. The van der Waals surface area contributed by atoms with E-state index in [9.17, 15) is 10.2 Å². The molecule has 1 rings (SSSR count). The van der Waals surface area contributed by atoms with Crippen molar-refractivity contribution in [3.05, 3.63) is 23.8 Å². The van der Waals surface area contributed by atoms with E-state index in [4.69, 9.17) is 9.47 Å². The SMILES string of the molecule is COC(OC)C(C)NCc1ccc(O)c(O)c1. The molecular formula is C12H19NO4. The Morgan fingerprint density at radius 1 is 1.18 bits per heavy atom. The molecule has 0 saturated carbocycles. The summed E-state index contributed by atoms with van der Waals surface area (Å²) < 4.78 is 10.2. The van der Waals surface area contributed by atoms with Crippen molar-refractivity contribution in [2.75, 3.05) is 14.2 Å². The van der Waals surface area contributed by atoms with Crippen LogP contribution in [-0.4, -0.2) is 36.8 Å². The van der Waals surface area contributed by atoms with Crippen LogP contribution in [0.3, 0.4) is 0 Å². The Labute approximate surface area is 101 Å². The van der Waals surface area contributed by atoms with Crippen LogP contribution in [0.1, 0.15) is 12.5 Å². The van der Waals surface area contributed by atoms with Crippen LogP contribution in [0.5, 0.6) is 11.5 Å². The molecule has 0 fully saturated rings. The van der Waals surface area contributed by atoms with Crippen molar-refractivity contribution in [3.63, 3.8) is 0 Å². The van der Waals surface area contributed by atoms with E-state index in [0.717, 1.165) is 5.56 Å². The number of rotatable bonds is 6. The fourth-order valence-electron chi connectivity index (χ4n) is 1.56. The summed E-state index contributed by atoms with van der Waals surface area (Å²) in [6.45, 7) is 2.50. The van der Waals surface area contributed by atoms with E-state index >= 15 is 0 Å². The van der Waals surface area contributed by atoms with Crippen molar-refractivity contribution in [2.45, 2.75) is 25.8 Å². The van der Waals surface area contributed by atoms with Crippen LogP contribution < -0.4 is 5.32 Å². The molecule has 0 aliphatic carbocycles. The second-order valence-electron chi connectivity index (χ2n) is 3.83. The molecule has 3 N–H and O–H groups in total. The van der Waals surface area contributed by atoms with Gasteiger partial charge in [0.1, 0.15) is 0 Å². The van der Waals surface area contributed by atoms with Crippen molar-refractivity contribution in [2.24, 2.45) is 0 Å². The van der Waals surface area contributed by atoms with Crippen LogP contribution in [-0.2, 0) is 16.0 Å². The topological polar surface area (TPSA) is 71.0 Å². The number of hydrogen-bond acceptors (Lipinski definition) is 5. The Bertz CT molecular complexity index is 352. The molecule has 0 amide bonds. The molecule has 96 valence electrons. The summed E-state index contributed by atoms with van der Waals surface area (Å²) in [5.41, 5.74) is 0.873. The summed E-state index contributed by atoms with van der Waals surface area (Å²) in [7, 11) is 3.16. The minimum absolute atomic E-state index is 0.0148. The van der Waals surface area contributed by atoms with Gasteiger partial charge in [-0.25, -0.2) is 0 Å². The first-order valence-electron chi connectivity index (χ1n) is 5.38. The molecule has 0 heterocycles. The predicted molar refractivity (Wildman–Crippen MR) is 63.9 cm³/mol. The Kier molecular flexibility index (Phi) is 5.21. The molecule has 0 aliphatic rings. The Morgan fingerprint density at radius 3 is 2.35 bits per heavy atom. The molecule has 17 heavy (non-hydrogen) atoms. The van der Waals surface area contributed by atoms with Crippen LogP contribution in [0, 0.1) is 0 Å². The number of hydrogen-bond donors (Lipinski definition) is 3. The third kappa shape index (κ3) is 3.89. The third-order valence-electron chi connectivity index (χ3n) is 2.54. The monoisotopic (exact) mass is 241 g/mol. The van der Waals surface area contributed by atoms with E-state index in [0.29, 0.717) is 6.54 Å². The predicted octanol–water partition coefficient (Wildman–Crippen LogP) is 1.19. The molecule has 0 radical (unpaired) electrons. The molecule has 1 aromatic rings. The second-order valence-corrected chi connectivity index (χ2v) is 3.83. The lowest BCUT2D eigenvalue weighted by molar-refractivity contribution is -0.119. The molecule has 5 nitrogen and oxygen atoms in total. The molecule has 0 aromatic heterocycles. The van der Waals surface area contributed by atoms with Gasteiger partial charge < -0.3 is 25.0 Å². The number of nitrogens with one attached hydrogen (secondary N) is 1. The lowest BCUT2D eigenvalue weighted by Crippen LogP contribution is -2.39. The van der Waals surface area contributed by atoms with Crippen LogP contribution in [0.4, 0.5) is 0 Å². The first kappa shape index (κ1) is 13.8. The number of phenolic OH excluding ortho intramolecular Hbond substituents is 2. The van der Waals surface area contributed by atoms with Gasteiger partial charge in [0.2, 0.25) is 0 Å². The maximum atomic E-state index is 9.34. The van der Waals surface area contributed by atoms with Gasteiger partial charge in [-0.05, 0) is 24.6 Å². The minimum Gasteiger partial charge on any atom is -0.504 e. The number of methoxy groups -OCH3 is 2. The van der Waals surface area contributed by atoms with Gasteiger partial charge in [0, 0.05) is 20.8 Å². The normalized spacial score (nSPS) is 12.9. The minimum atomic E-state index is -0.319. The lowest BCUT2D eigenvalue weighted by Gasteiger charge is -2.22.